The maximum atomic E-state index is 12.3. The largest absolute Gasteiger partial charge is 0.480 e. The number of amides is 1. The van der Waals surface area contributed by atoms with Crippen LogP contribution in [0.2, 0.25) is 0 Å². The van der Waals surface area contributed by atoms with E-state index in [1.807, 2.05) is 0 Å². The first-order chi connectivity index (χ1) is 26.6. The van der Waals surface area contributed by atoms with Gasteiger partial charge in [-0.1, -0.05) is 174 Å². The lowest BCUT2D eigenvalue weighted by atomic mass is 10.0. The Kier molecular flexibility index (Phi) is 37.8. The predicted octanol–water partition coefficient (Wildman–Crippen LogP) is 11.3. The van der Waals surface area contributed by atoms with Gasteiger partial charge in [-0.15, -0.1) is 0 Å². The lowest BCUT2D eigenvalue weighted by Crippen LogP contribution is -2.43. The van der Waals surface area contributed by atoms with E-state index in [4.69, 9.17) is 13.8 Å². The Labute approximate surface area is 335 Å². The number of rotatable bonds is 42. The van der Waals surface area contributed by atoms with E-state index >= 15 is 0 Å². The van der Waals surface area contributed by atoms with Gasteiger partial charge in [0.25, 0.3) is 0 Å². The Balaban J connectivity index is 3.88. The number of carboxylic acids is 1. The van der Waals surface area contributed by atoms with Gasteiger partial charge in [-0.05, 0) is 38.5 Å². The number of unbranched alkanes of at least 4 members (excludes halogenated alkanes) is 26. The second-order valence-electron chi connectivity index (χ2n) is 15.2. The number of aliphatic hydroxyl groups excluding tert-OH is 1. The van der Waals surface area contributed by atoms with Gasteiger partial charge in [0, 0.05) is 12.8 Å². The number of aliphatic carboxylic acids is 1. The summed E-state index contributed by atoms with van der Waals surface area (Å²) in [6.07, 6.45) is 38.0. The van der Waals surface area contributed by atoms with E-state index in [9.17, 15) is 34.1 Å². The molecule has 0 aromatic heterocycles. The van der Waals surface area contributed by atoms with Crippen LogP contribution < -0.4 is 5.32 Å². The van der Waals surface area contributed by atoms with Gasteiger partial charge >= 0.3 is 19.8 Å². The van der Waals surface area contributed by atoms with E-state index in [2.05, 4.69) is 31.3 Å². The third kappa shape index (κ3) is 38.9. The van der Waals surface area contributed by atoms with E-state index in [1.165, 1.54) is 135 Å². The average molecular weight is 804 g/mol. The first-order valence-electron chi connectivity index (χ1n) is 22.2. The number of phosphoric ester groups is 1. The van der Waals surface area contributed by atoms with Crippen LogP contribution in [0.15, 0.2) is 12.2 Å². The summed E-state index contributed by atoms with van der Waals surface area (Å²) in [6.45, 7) is 2.60. The van der Waals surface area contributed by atoms with Crippen molar-refractivity contribution < 1.29 is 47.8 Å². The fourth-order valence-electron chi connectivity index (χ4n) is 6.31. The molecule has 0 aromatic carbocycles. The number of esters is 1. The Bertz CT molecular complexity index is 995. The van der Waals surface area contributed by atoms with Crippen molar-refractivity contribution in [3.05, 3.63) is 12.2 Å². The number of allylic oxidation sites excluding steroid dienone is 2. The molecule has 0 aliphatic rings. The summed E-state index contributed by atoms with van der Waals surface area (Å²) in [6, 6.07) is -1.54. The molecule has 0 fully saturated rings. The zero-order valence-corrected chi connectivity index (χ0v) is 35.9. The quantitative estimate of drug-likeness (QED) is 0.0202. The van der Waals surface area contributed by atoms with Crippen LogP contribution in [0.3, 0.4) is 0 Å². The van der Waals surface area contributed by atoms with Crippen LogP contribution in [0.1, 0.15) is 213 Å². The highest BCUT2D eigenvalue weighted by Gasteiger charge is 2.28. The van der Waals surface area contributed by atoms with Crippen LogP contribution in [-0.4, -0.2) is 64.9 Å². The summed E-state index contributed by atoms with van der Waals surface area (Å²) in [5, 5.41) is 21.8. The second kappa shape index (κ2) is 39.1. The number of carbonyl (C=O) groups is 3. The van der Waals surface area contributed by atoms with E-state index in [0.29, 0.717) is 12.8 Å². The first kappa shape index (κ1) is 53.2. The normalized spacial score (nSPS) is 13.8. The number of nitrogens with one attached hydrogen (secondary N) is 1. The van der Waals surface area contributed by atoms with Gasteiger partial charge in [-0.2, -0.15) is 0 Å². The molecule has 0 rings (SSSR count). The molecule has 1 amide bonds. The summed E-state index contributed by atoms with van der Waals surface area (Å²) in [7, 11) is -4.75. The van der Waals surface area contributed by atoms with Crippen LogP contribution in [0.4, 0.5) is 0 Å². The molecule has 324 valence electrons. The monoisotopic (exact) mass is 804 g/mol. The third-order valence-corrected chi connectivity index (χ3v) is 10.8. The van der Waals surface area contributed by atoms with Gasteiger partial charge in [-0.3, -0.25) is 18.6 Å². The minimum Gasteiger partial charge on any atom is -0.480 e. The number of phosphoric acid groups is 1. The Morgan fingerprint density at radius 1 is 0.564 bits per heavy atom. The number of hydrogen-bond donors (Lipinski definition) is 4. The summed E-state index contributed by atoms with van der Waals surface area (Å²) in [5.41, 5.74) is 0. The molecule has 0 aromatic rings. The molecule has 0 saturated heterocycles. The standard InChI is InChI=1S/C43H82NO10P/c1-3-5-7-9-11-13-15-17-18-19-20-21-22-23-24-26-28-30-32-34-41(46)44-40(43(48)49)38-54-55(50,51)53-37-39(45)36-52-42(47)35-33-31-29-27-25-16-14-12-10-8-6-4-2/h17-18,39-40,45H,3-16,19-38H2,1-2H3,(H,44,46)(H,48,49)(H,50,51)/b18-17+. The molecular weight excluding hydrogens is 721 g/mol. The molecule has 0 radical (unpaired) electrons. The Hall–Kier alpha value is -1.78. The van der Waals surface area contributed by atoms with Crippen LogP contribution in [-0.2, 0) is 32.7 Å². The summed E-state index contributed by atoms with van der Waals surface area (Å²) < 4.78 is 26.8. The van der Waals surface area contributed by atoms with Crippen molar-refractivity contribution in [1.82, 2.24) is 5.32 Å². The molecule has 3 atom stereocenters. The Morgan fingerprint density at radius 3 is 1.38 bits per heavy atom. The number of carboxylic acid groups (broad SMARTS) is 1. The molecular formula is C43H82NO10P. The molecule has 0 spiro atoms. The fraction of sp³-hybridized carbons (Fsp3) is 0.884. The van der Waals surface area contributed by atoms with E-state index < -0.39 is 57.6 Å². The SMILES string of the molecule is CCCCCCCC/C=C/CCCCCCCCCCCC(=O)NC(COP(=O)(O)OCC(O)COC(=O)CCCCCCCCCCCCCC)C(=O)O. The van der Waals surface area contributed by atoms with Gasteiger partial charge in [0.15, 0.2) is 6.04 Å². The summed E-state index contributed by atoms with van der Waals surface area (Å²) in [5.74, 6) is -2.36. The highest BCUT2D eigenvalue weighted by molar-refractivity contribution is 7.47. The molecule has 0 aliphatic heterocycles. The smallest absolute Gasteiger partial charge is 0.472 e. The van der Waals surface area contributed by atoms with Crippen LogP contribution in [0, 0.1) is 0 Å². The molecule has 4 N–H and O–H groups in total. The van der Waals surface area contributed by atoms with Gasteiger partial charge in [-0.25, -0.2) is 9.36 Å². The second-order valence-corrected chi connectivity index (χ2v) is 16.7. The summed E-state index contributed by atoms with van der Waals surface area (Å²) in [4.78, 5) is 45.9. The van der Waals surface area contributed by atoms with Crippen molar-refractivity contribution in [1.29, 1.82) is 0 Å². The van der Waals surface area contributed by atoms with Gasteiger partial charge in [0.05, 0.1) is 13.2 Å². The molecule has 0 bridgehead atoms. The van der Waals surface area contributed by atoms with Gasteiger partial charge < -0.3 is 25.2 Å². The third-order valence-electron chi connectivity index (χ3n) is 9.80. The van der Waals surface area contributed by atoms with Crippen molar-refractivity contribution in [3.63, 3.8) is 0 Å². The van der Waals surface area contributed by atoms with E-state index in [-0.39, 0.29) is 12.8 Å². The van der Waals surface area contributed by atoms with Crippen molar-refractivity contribution in [2.45, 2.75) is 225 Å². The summed E-state index contributed by atoms with van der Waals surface area (Å²) >= 11 is 0. The van der Waals surface area contributed by atoms with Crippen molar-refractivity contribution in [2.75, 3.05) is 19.8 Å². The molecule has 3 unspecified atom stereocenters. The molecule has 55 heavy (non-hydrogen) atoms. The number of aliphatic hydroxyl groups is 1. The molecule has 0 aliphatic carbocycles. The number of ether oxygens (including phenoxy) is 1. The van der Waals surface area contributed by atoms with Crippen LogP contribution >= 0.6 is 7.82 Å². The van der Waals surface area contributed by atoms with Crippen LogP contribution in [0.5, 0.6) is 0 Å². The van der Waals surface area contributed by atoms with Crippen LogP contribution in [0.25, 0.3) is 0 Å². The van der Waals surface area contributed by atoms with E-state index in [1.54, 1.807) is 0 Å². The maximum absolute atomic E-state index is 12.3. The Morgan fingerprint density at radius 2 is 0.945 bits per heavy atom. The van der Waals surface area contributed by atoms with Gasteiger partial charge in [0.2, 0.25) is 5.91 Å². The highest BCUT2D eigenvalue weighted by Crippen LogP contribution is 2.43. The lowest BCUT2D eigenvalue weighted by Gasteiger charge is -2.18. The number of hydrogen-bond acceptors (Lipinski definition) is 8. The molecule has 0 saturated carbocycles. The number of carbonyl (C=O) groups excluding carboxylic acids is 2. The van der Waals surface area contributed by atoms with E-state index in [0.717, 1.165) is 38.5 Å². The van der Waals surface area contributed by atoms with Crippen molar-refractivity contribution in [3.8, 4) is 0 Å². The zero-order valence-electron chi connectivity index (χ0n) is 35.0. The molecule has 0 heterocycles. The van der Waals surface area contributed by atoms with Crippen molar-refractivity contribution >= 4 is 25.7 Å². The predicted molar refractivity (Wildman–Crippen MR) is 222 cm³/mol. The highest BCUT2D eigenvalue weighted by atomic mass is 31.2. The fourth-order valence-corrected chi connectivity index (χ4v) is 7.08. The minimum absolute atomic E-state index is 0.146. The van der Waals surface area contributed by atoms with Crippen molar-refractivity contribution in [2.24, 2.45) is 0 Å². The average Bonchev–Trinajstić information content (AvgIpc) is 3.16. The van der Waals surface area contributed by atoms with Gasteiger partial charge in [0.1, 0.15) is 12.7 Å². The topological polar surface area (TPSA) is 169 Å². The zero-order chi connectivity index (χ0) is 40.7. The first-order valence-corrected chi connectivity index (χ1v) is 23.7. The minimum atomic E-state index is -4.75. The molecule has 12 heteroatoms. The lowest BCUT2D eigenvalue weighted by molar-refractivity contribution is -0.147. The maximum Gasteiger partial charge on any atom is 0.472 e. The molecule has 11 nitrogen and oxygen atoms in total.